The first-order chi connectivity index (χ1) is 21.2. The number of nitrogens with one attached hydrogen (secondary N) is 2. The summed E-state index contributed by atoms with van der Waals surface area (Å²) in [6, 6.07) is 7.85. The van der Waals surface area contributed by atoms with Crippen molar-refractivity contribution in [3.63, 3.8) is 0 Å². The molecule has 0 fully saturated rings. The molecule has 228 valence electrons. The largest absolute Gasteiger partial charge is 0.495 e. The number of methoxy groups -OCH3 is 2. The molecule has 1 amide bonds. The Hall–Kier alpha value is -4.97. The van der Waals surface area contributed by atoms with Gasteiger partial charge in [0.15, 0.2) is 0 Å². The molecule has 12 nitrogen and oxygen atoms in total. The van der Waals surface area contributed by atoms with Crippen LogP contribution in [0.4, 0.5) is 17.3 Å². The van der Waals surface area contributed by atoms with Gasteiger partial charge in [0.05, 0.1) is 54.3 Å². The van der Waals surface area contributed by atoms with Crippen LogP contribution < -0.4 is 15.4 Å². The van der Waals surface area contributed by atoms with Crippen LogP contribution in [0.3, 0.4) is 0 Å². The minimum atomic E-state index is -0.170. The van der Waals surface area contributed by atoms with Crippen LogP contribution in [0, 0.1) is 27.7 Å². The van der Waals surface area contributed by atoms with E-state index < -0.39 is 0 Å². The fraction of sp³-hybridized carbons (Fsp3) is 0.344. The molecule has 0 saturated heterocycles. The molecule has 0 aliphatic carbocycles. The van der Waals surface area contributed by atoms with Crippen LogP contribution in [0.25, 0.3) is 16.9 Å². The van der Waals surface area contributed by atoms with Crippen LogP contribution in [0.15, 0.2) is 36.7 Å². The molecule has 1 aliphatic rings. The molecule has 44 heavy (non-hydrogen) atoms. The summed E-state index contributed by atoms with van der Waals surface area (Å²) in [5, 5.41) is 15.5. The number of carbonyl (C=O) groups is 1. The van der Waals surface area contributed by atoms with Crippen molar-refractivity contribution < 1.29 is 14.3 Å². The third kappa shape index (κ3) is 5.11. The average Bonchev–Trinajstić information content (AvgIpc) is 3.65. The van der Waals surface area contributed by atoms with Crippen LogP contribution in [-0.2, 0) is 31.2 Å². The van der Waals surface area contributed by atoms with Crippen LogP contribution in [-0.4, -0.2) is 60.8 Å². The minimum Gasteiger partial charge on any atom is -0.495 e. The van der Waals surface area contributed by atoms with E-state index in [2.05, 4.69) is 32.7 Å². The number of hydrogen-bond donors (Lipinski definition) is 2. The Bertz CT molecular complexity index is 1880. The van der Waals surface area contributed by atoms with Gasteiger partial charge in [0, 0.05) is 49.1 Å². The highest BCUT2D eigenvalue weighted by Crippen LogP contribution is 2.35. The fourth-order valence-corrected chi connectivity index (χ4v) is 5.94. The third-order valence-electron chi connectivity index (χ3n) is 8.31. The van der Waals surface area contributed by atoms with Crippen LogP contribution in [0.2, 0.25) is 0 Å². The topological polar surface area (TPSA) is 126 Å². The molecule has 0 atom stereocenters. The highest BCUT2D eigenvalue weighted by Gasteiger charge is 2.25. The van der Waals surface area contributed by atoms with Gasteiger partial charge in [-0.05, 0) is 64.3 Å². The van der Waals surface area contributed by atoms with E-state index in [-0.39, 0.29) is 5.91 Å². The van der Waals surface area contributed by atoms with Gasteiger partial charge >= 0.3 is 0 Å². The van der Waals surface area contributed by atoms with Crippen LogP contribution >= 0.6 is 0 Å². The molecule has 0 bridgehead atoms. The Morgan fingerprint density at radius 1 is 1.02 bits per heavy atom. The van der Waals surface area contributed by atoms with Crippen molar-refractivity contribution in [3.8, 4) is 22.7 Å². The van der Waals surface area contributed by atoms with Gasteiger partial charge in [0.1, 0.15) is 11.6 Å². The van der Waals surface area contributed by atoms with E-state index in [9.17, 15) is 4.79 Å². The van der Waals surface area contributed by atoms with E-state index in [1.54, 1.807) is 14.2 Å². The van der Waals surface area contributed by atoms with E-state index in [1.807, 2.05) is 78.4 Å². The molecule has 12 heteroatoms. The second-order valence-electron chi connectivity index (χ2n) is 11.0. The molecule has 6 rings (SSSR count). The number of benzene rings is 1. The smallest absolute Gasteiger partial charge is 0.257 e. The van der Waals surface area contributed by atoms with Crippen molar-refractivity contribution in [2.75, 3.05) is 31.5 Å². The third-order valence-corrected chi connectivity index (χ3v) is 8.31. The monoisotopic (exact) mass is 595 g/mol. The predicted octanol–water partition coefficient (Wildman–Crippen LogP) is 4.85. The van der Waals surface area contributed by atoms with Crippen LogP contribution in [0.5, 0.6) is 5.75 Å². The maximum Gasteiger partial charge on any atom is 0.257 e. The molecule has 1 aliphatic heterocycles. The lowest BCUT2D eigenvalue weighted by Gasteiger charge is -2.20. The number of anilines is 3. The van der Waals surface area contributed by atoms with Crippen molar-refractivity contribution >= 4 is 23.2 Å². The molecule has 1 aromatic carbocycles. The summed E-state index contributed by atoms with van der Waals surface area (Å²) in [6.07, 6.45) is 5.17. The van der Waals surface area contributed by atoms with Crippen molar-refractivity contribution in [2.24, 2.45) is 7.05 Å². The number of rotatable bonds is 9. The summed E-state index contributed by atoms with van der Waals surface area (Å²) >= 11 is 0. The first-order valence-electron chi connectivity index (χ1n) is 14.6. The van der Waals surface area contributed by atoms with Crippen molar-refractivity contribution in [2.45, 2.75) is 47.1 Å². The molecule has 2 N–H and O–H groups in total. The Kier molecular flexibility index (Phi) is 7.68. The minimum absolute atomic E-state index is 0.170. The molecule has 0 unspecified atom stereocenters. The maximum absolute atomic E-state index is 13.5. The normalized spacial score (nSPS) is 12.2. The molecular weight excluding hydrogens is 558 g/mol. The molecule has 0 saturated carbocycles. The number of carbonyl (C=O) groups excluding carboxylic acids is 1. The lowest BCUT2D eigenvalue weighted by atomic mass is 10.0. The molecule has 0 spiro atoms. The van der Waals surface area contributed by atoms with Gasteiger partial charge in [-0.15, -0.1) is 0 Å². The Balaban J connectivity index is 1.25. The van der Waals surface area contributed by atoms with E-state index in [1.165, 1.54) is 0 Å². The van der Waals surface area contributed by atoms with Gasteiger partial charge in [0.2, 0.25) is 5.95 Å². The Morgan fingerprint density at radius 2 is 1.84 bits per heavy atom. The number of ether oxygens (including phenoxy) is 2. The van der Waals surface area contributed by atoms with Gasteiger partial charge in [-0.2, -0.15) is 15.2 Å². The Morgan fingerprint density at radius 3 is 2.57 bits per heavy atom. The van der Waals surface area contributed by atoms with Crippen molar-refractivity contribution in [3.05, 3.63) is 76.3 Å². The fourth-order valence-electron chi connectivity index (χ4n) is 5.94. The average molecular weight is 596 g/mol. The zero-order valence-corrected chi connectivity index (χ0v) is 26.1. The van der Waals surface area contributed by atoms with Gasteiger partial charge in [0.25, 0.3) is 5.91 Å². The van der Waals surface area contributed by atoms with Crippen molar-refractivity contribution in [1.82, 2.24) is 34.1 Å². The van der Waals surface area contributed by atoms with E-state index >= 15 is 0 Å². The quantitative estimate of drug-likeness (QED) is 0.248. The maximum atomic E-state index is 13.5. The molecule has 4 aromatic heterocycles. The predicted molar refractivity (Wildman–Crippen MR) is 168 cm³/mol. The number of amides is 1. The first kappa shape index (κ1) is 29.1. The summed E-state index contributed by atoms with van der Waals surface area (Å²) in [6.45, 7) is 9.07. The van der Waals surface area contributed by atoms with Gasteiger partial charge in [-0.3, -0.25) is 14.2 Å². The lowest BCUT2D eigenvalue weighted by Crippen LogP contribution is -2.19. The zero-order chi connectivity index (χ0) is 31.1. The Labute approximate surface area is 256 Å². The number of hydrogen-bond acceptors (Lipinski definition) is 8. The van der Waals surface area contributed by atoms with Gasteiger partial charge in [-0.1, -0.05) is 6.07 Å². The number of aryl methyl sites for hydroxylation is 4. The summed E-state index contributed by atoms with van der Waals surface area (Å²) in [5.41, 5.74) is 9.83. The highest BCUT2D eigenvalue weighted by molar-refractivity contribution is 6.06. The first-order valence-corrected chi connectivity index (χ1v) is 14.6. The lowest BCUT2D eigenvalue weighted by molar-refractivity contribution is 0.102. The van der Waals surface area contributed by atoms with Gasteiger partial charge in [-0.25, -0.2) is 4.98 Å². The SMILES string of the molecule is COCCn1nc(C)c(NC(=O)c2ccn3c2CCc2cnc(Nc4ccc(-c5c(C)nn(C)c5C)cc4OC)nc2-3)c1C. The molecule has 5 heterocycles. The summed E-state index contributed by atoms with van der Waals surface area (Å²) in [7, 11) is 5.25. The number of nitrogens with zero attached hydrogens (tertiary/aromatic N) is 7. The van der Waals surface area contributed by atoms with Gasteiger partial charge < -0.3 is 24.7 Å². The zero-order valence-electron chi connectivity index (χ0n) is 26.1. The second-order valence-corrected chi connectivity index (χ2v) is 11.0. The van der Waals surface area contributed by atoms with E-state index in [4.69, 9.17) is 14.5 Å². The summed E-state index contributed by atoms with van der Waals surface area (Å²) in [5.74, 6) is 1.68. The summed E-state index contributed by atoms with van der Waals surface area (Å²) < 4.78 is 16.7. The standard InChI is InChI=1S/C32H37N9O3/c1-18-28(20(3)39(5)37-18)22-8-10-25(27(16-22)44-7)34-32-33-17-23-9-11-26-24(12-13-40(26)30(23)36-32)31(42)35-29-19(2)38-41(21(29)4)14-15-43-6/h8,10,12-13,16-17H,9,11,14-15H2,1-7H3,(H,35,42)(H,33,34,36). The van der Waals surface area contributed by atoms with E-state index in [0.29, 0.717) is 36.8 Å². The summed E-state index contributed by atoms with van der Waals surface area (Å²) in [4.78, 5) is 22.9. The van der Waals surface area contributed by atoms with Crippen LogP contribution in [0.1, 0.15) is 44.4 Å². The number of fused-ring (bicyclic) bond motifs is 3. The molecule has 5 aromatic rings. The number of aromatic nitrogens is 7. The molecule has 0 radical (unpaired) electrons. The highest BCUT2D eigenvalue weighted by atomic mass is 16.5. The van der Waals surface area contributed by atoms with Crippen molar-refractivity contribution in [1.29, 1.82) is 0 Å². The van der Waals surface area contributed by atoms with E-state index in [0.717, 1.165) is 68.8 Å². The second kappa shape index (κ2) is 11.6. The molecular formula is C32H37N9O3.